The third-order valence-corrected chi connectivity index (χ3v) is 6.06. The number of benzene rings is 2. The average Bonchev–Trinajstić information content (AvgIpc) is 3.34. The molecule has 0 unspecified atom stereocenters. The Morgan fingerprint density at radius 3 is 2.63 bits per heavy atom. The zero-order chi connectivity index (χ0) is 24.4. The largest absolute Gasteiger partial charge is 0.337 e. The summed E-state index contributed by atoms with van der Waals surface area (Å²) in [6.07, 6.45) is 14.1. The number of hydrogen-bond acceptors (Lipinski definition) is 4. The fourth-order valence-corrected chi connectivity index (χ4v) is 4.08. The van der Waals surface area contributed by atoms with Gasteiger partial charge >= 0.3 is 0 Å². The zero-order valence-electron chi connectivity index (χ0n) is 20.2. The van der Waals surface area contributed by atoms with Crippen molar-refractivity contribution >= 4 is 23.1 Å². The SMILES string of the molecule is CC(C)(C)c1ccc(C(=O)Nc2cccc(-c3cn4ccnc4c(NC4=CCCC=C4)n3)c2)cc1. The van der Waals surface area contributed by atoms with Crippen LogP contribution in [0.3, 0.4) is 0 Å². The quantitative estimate of drug-likeness (QED) is 0.350. The maximum Gasteiger partial charge on any atom is 0.255 e. The van der Waals surface area contributed by atoms with Crippen LogP contribution in [0.1, 0.15) is 49.5 Å². The van der Waals surface area contributed by atoms with E-state index in [4.69, 9.17) is 4.98 Å². The summed E-state index contributed by atoms with van der Waals surface area (Å²) in [5.41, 5.74) is 6.04. The van der Waals surface area contributed by atoms with Gasteiger partial charge in [0.15, 0.2) is 11.5 Å². The van der Waals surface area contributed by atoms with Crippen molar-refractivity contribution in [1.29, 1.82) is 0 Å². The maximum absolute atomic E-state index is 12.9. The highest BCUT2D eigenvalue weighted by Gasteiger charge is 2.15. The second kappa shape index (κ2) is 9.22. The molecule has 0 saturated heterocycles. The number of carbonyl (C=O) groups excluding carboxylic acids is 1. The molecule has 0 radical (unpaired) electrons. The molecule has 1 aliphatic rings. The molecule has 6 nitrogen and oxygen atoms in total. The van der Waals surface area contributed by atoms with E-state index in [1.807, 2.05) is 65.3 Å². The minimum atomic E-state index is -0.140. The predicted molar refractivity (Wildman–Crippen MR) is 142 cm³/mol. The van der Waals surface area contributed by atoms with E-state index in [1.54, 1.807) is 6.20 Å². The maximum atomic E-state index is 12.9. The molecule has 0 bridgehead atoms. The van der Waals surface area contributed by atoms with Gasteiger partial charge in [0.2, 0.25) is 0 Å². The van der Waals surface area contributed by atoms with Gasteiger partial charge in [0.1, 0.15) is 0 Å². The Bertz CT molecular complexity index is 1440. The fraction of sp³-hybridized carbons (Fsp3) is 0.207. The molecule has 0 saturated carbocycles. The molecule has 5 rings (SSSR count). The third kappa shape index (κ3) is 5.01. The van der Waals surface area contributed by atoms with Crippen molar-refractivity contribution in [3.63, 3.8) is 0 Å². The molecule has 2 N–H and O–H groups in total. The molecular weight excluding hydrogens is 434 g/mol. The topological polar surface area (TPSA) is 71.3 Å². The van der Waals surface area contributed by atoms with Gasteiger partial charge < -0.3 is 15.0 Å². The number of imidazole rings is 1. The van der Waals surface area contributed by atoms with E-state index in [0.717, 1.165) is 35.4 Å². The van der Waals surface area contributed by atoms with Gasteiger partial charge in [-0.15, -0.1) is 0 Å². The molecule has 0 atom stereocenters. The van der Waals surface area contributed by atoms with E-state index < -0.39 is 0 Å². The van der Waals surface area contributed by atoms with Crippen LogP contribution in [0.15, 0.2) is 91.0 Å². The monoisotopic (exact) mass is 463 g/mol. The highest BCUT2D eigenvalue weighted by Crippen LogP contribution is 2.26. The fourth-order valence-electron chi connectivity index (χ4n) is 4.08. The second-order valence-electron chi connectivity index (χ2n) is 9.76. The van der Waals surface area contributed by atoms with Gasteiger partial charge in [-0.05, 0) is 54.2 Å². The van der Waals surface area contributed by atoms with E-state index in [-0.39, 0.29) is 11.3 Å². The lowest BCUT2D eigenvalue weighted by Gasteiger charge is -2.19. The summed E-state index contributed by atoms with van der Waals surface area (Å²) in [6.45, 7) is 6.48. The number of carbonyl (C=O) groups is 1. The van der Waals surface area contributed by atoms with Crippen LogP contribution in [0.25, 0.3) is 16.9 Å². The number of allylic oxidation sites excluding steroid dienone is 3. The smallest absolute Gasteiger partial charge is 0.255 e. The molecule has 0 aliphatic heterocycles. The Kier molecular flexibility index (Phi) is 5.95. The molecule has 0 spiro atoms. The summed E-state index contributed by atoms with van der Waals surface area (Å²) in [6, 6.07) is 15.5. The normalized spacial score (nSPS) is 13.5. The third-order valence-electron chi connectivity index (χ3n) is 6.06. The van der Waals surface area contributed by atoms with Gasteiger partial charge in [0.25, 0.3) is 5.91 Å². The number of nitrogens with one attached hydrogen (secondary N) is 2. The Morgan fingerprint density at radius 2 is 1.89 bits per heavy atom. The van der Waals surface area contributed by atoms with Crippen molar-refractivity contribution in [2.24, 2.45) is 0 Å². The van der Waals surface area contributed by atoms with Gasteiger partial charge in [-0.1, -0.05) is 57.2 Å². The summed E-state index contributed by atoms with van der Waals surface area (Å²) in [5.74, 6) is 0.553. The lowest BCUT2D eigenvalue weighted by atomic mass is 9.87. The molecule has 2 heterocycles. The Hall–Kier alpha value is -4.19. The lowest BCUT2D eigenvalue weighted by Crippen LogP contribution is -2.14. The minimum absolute atomic E-state index is 0.0458. The van der Waals surface area contributed by atoms with Crippen LogP contribution >= 0.6 is 0 Å². The first-order valence-electron chi connectivity index (χ1n) is 11.9. The summed E-state index contributed by atoms with van der Waals surface area (Å²) >= 11 is 0. The van der Waals surface area contributed by atoms with Crippen LogP contribution < -0.4 is 10.6 Å². The first kappa shape index (κ1) is 22.6. The molecule has 176 valence electrons. The molecule has 35 heavy (non-hydrogen) atoms. The molecule has 2 aromatic carbocycles. The lowest BCUT2D eigenvalue weighted by molar-refractivity contribution is 0.102. The Balaban J connectivity index is 1.40. The van der Waals surface area contributed by atoms with E-state index in [2.05, 4.69) is 54.6 Å². The molecule has 1 aliphatic carbocycles. The van der Waals surface area contributed by atoms with Crippen LogP contribution in [-0.4, -0.2) is 20.3 Å². The van der Waals surface area contributed by atoms with E-state index in [9.17, 15) is 4.79 Å². The van der Waals surface area contributed by atoms with Crippen molar-refractivity contribution < 1.29 is 4.79 Å². The number of aromatic nitrogens is 3. The zero-order valence-corrected chi connectivity index (χ0v) is 20.2. The molecule has 6 heteroatoms. The summed E-state index contributed by atoms with van der Waals surface area (Å²) < 4.78 is 1.96. The number of fused-ring (bicyclic) bond motifs is 1. The van der Waals surface area contributed by atoms with Crippen molar-refractivity contribution in [3.05, 3.63) is 102 Å². The average molecular weight is 464 g/mol. The Morgan fingerprint density at radius 1 is 1.06 bits per heavy atom. The number of anilines is 2. The van der Waals surface area contributed by atoms with Gasteiger partial charge in [-0.3, -0.25) is 4.79 Å². The van der Waals surface area contributed by atoms with E-state index in [1.165, 1.54) is 5.56 Å². The van der Waals surface area contributed by atoms with Crippen LogP contribution in [0.4, 0.5) is 11.5 Å². The highest BCUT2D eigenvalue weighted by atomic mass is 16.1. The first-order chi connectivity index (χ1) is 16.9. The second-order valence-corrected chi connectivity index (χ2v) is 9.76. The van der Waals surface area contributed by atoms with Crippen LogP contribution in [0.5, 0.6) is 0 Å². The van der Waals surface area contributed by atoms with Crippen molar-refractivity contribution in [1.82, 2.24) is 14.4 Å². The number of hydrogen-bond donors (Lipinski definition) is 2. The van der Waals surface area contributed by atoms with E-state index >= 15 is 0 Å². The number of amides is 1. The molecule has 2 aromatic heterocycles. The summed E-state index contributed by atoms with van der Waals surface area (Å²) in [5, 5.41) is 6.43. The van der Waals surface area contributed by atoms with Crippen LogP contribution in [-0.2, 0) is 5.41 Å². The summed E-state index contributed by atoms with van der Waals surface area (Å²) in [7, 11) is 0. The van der Waals surface area contributed by atoms with Crippen LogP contribution in [0, 0.1) is 0 Å². The predicted octanol–water partition coefficient (Wildman–Crippen LogP) is 6.59. The molecular formula is C29H29N5O. The van der Waals surface area contributed by atoms with E-state index in [0.29, 0.717) is 17.1 Å². The van der Waals surface area contributed by atoms with Gasteiger partial charge in [0.05, 0.1) is 5.69 Å². The van der Waals surface area contributed by atoms with Crippen molar-refractivity contribution in [2.75, 3.05) is 10.6 Å². The molecule has 1 amide bonds. The van der Waals surface area contributed by atoms with Gasteiger partial charge in [-0.25, -0.2) is 9.97 Å². The van der Waals surface area contributed by atoms with Crippen LogP contribution in [0.2, 0.25) is 0 Å². The standard InChI is InChI=1S/C29H29N5O/c1-29(2,3)22-14-12-20(13-15-22)28(35)32-24-11-7-8-21(18-24)25-19-34-17-16-30-27(34)26(33-25)31-23-9-5-4-6-10-23/h5,7-19H,4,6H2,1-3H3,(H,31,33)(H,32,35). The number of nitrogens with zero attached hydrogens (tertiary/aromatic N) is 3. The summed E-state index contributed by atoms with van der Waals surface area (Å²) in [4.78, 5) is 22.2. The highest BCUT2D eigenvalue weighted by molar-refractivity contribution is 6.04. The van der Waals surface area contributed by atoms with Gasteiger partial charge in [-0.2, -0.15) is 0 Å². The molecule has 0 fully saturated rings. The first-order valence-corrected chi connectivity index (χ1v) is 11.9. The molecule has 4 aromatic rings. The number of rotatable bonds is 5. The van der Waals surface area contributed by atoms with Gasteiger partial charge in [0, 0.05) is 41.1 Å². The van der Waals surface area contributed by atoms with Crippen molar-refractivity contribution in [3.8, 4) is 11.3 Å². The van der Waals surface area contributed by atoms with Crippen molar-refractivity contribution in [2.45, 2.75) is 39.0 Å². The Labute approximate surface area is 205 Å². The minimum Gasteiger partial charge on any atom is -0.337 e.